The molecule has 2 aromatic rings. The second kappa shape index (κ2) is 8.58. The molecule has 26 heavy (non-hydrogen) atoms. The lowest BCUT2D eigenvalue weighted by Gasteiger charge is -2.18. The summed E-state index contributed by atoms with van der Waals surface area (Å²) in [5.74, 6) is -0.309. The lowest BCUT2D eigenvalue weighted by Crippen LogP contribution is -2.41. The van der Waals surface area contributed by atoms with Crippen LogP contribution in [-0.2, 0) is 11.3 Å². The van der Waals surface area contributed by atoms with E-state index >= 15 is 0 Å². The van der Waals surface area contributed by atoms with Crippen LogP contribution in [0.3, 0.4) is 0 Å². The van der Waals surface area contributed by atoms with E-state index in [9.17, 15) is 9.59 Å². The Bertz CT molecular complexity index is 781. The highest BCUT2D eigenvalue weighted by Gasteiger charge is 2.21. The van der Waals surface area contributed by atoms with Crippen molar-refractivity contribution in [3.63, 3.8) is 0 Å². The second-order valence-electron chi connectivity index (χ2n) is 6.90. The molecule has 0 bridgehead atoms. The Morgan fingerprint density at radius 3 is 2.15 bits per heavy atom. The molecule has 5 nitrogen and oxygen atoms in total. The Labute approximate surface area is 159 Å². The predicted octanol–water partition coefficient (Wildman–Crippen LogP) is 3.48. The van der Waals surface area contributed by atoms with Gasteiger partial charge in [-0.1, -0.05) is 51.1 Å². The van der Waals surface area contributed by atoms with Gasteiger partial charge in [0.1, 0.15) is 0 Å². The number of thiocarbonyl (C=S) groups is 1. The van der Waals surface area contributed by atoms with Crippen LogP contribution in [0, 0.1) is 5.41 Å². The number of hydrogen-bond donors (Lipinski definition) is 3. The molecule has 0 radical (unpaired) electrons. The van der Waals surface area contributed by atoms with Crippen LogP contribution in [0.5, 0.6) is 0 Å². The lowest BCUT2D eigenvalue weighted by molar-refractivity contribution is -0.126. The average molecular weight is 369 g/mol. The van der Waals surface area contributed by atoms with Gasteiger partial charge in [0.05, 0.1) is 0 Å². The lowest BCUT2D eigenvalue weighted by atomic mass is 9.96. The van der Waals surface area contributed by atoms with E-state index in [4.69, 9.17) is 12.2 Å². The maximum Gasteiger partial charge on any atom is 0.251 e. The van der Waals surface area contributed by atoms with Crippen molar-refractivity contribution >= 4 is 34.8 Å². The molecule has 0 unspecified atom stereocenters. The summed E-state index contributed by atoms with van der Waals surface area (Å²) in [6.45, 7) is 5.91. The van der Waals surface area contributed by atoms with Crippen LogP contribution in [0.2, 0.25) is 0 Å². The molecule has 0 aliphatic carbocycles. The molecule has 2 rings (SSSR count). The monoisotopic (exact) mass is 369 g/mol. The number of nitrogens with one attached hydrogen (secondary N) is 3. The summed E-state index contributed by atoms with van der Waals surface area (Å²) < 4.78 is 0. The normalized spacial score (nSPS) is 10.7. The van der Waals surface area contributed by atoms with Crippen LogP contribution in [0.4, 0.5) is 5.69 Å². The topological polar surface area (TPSA) is 70.2 Å². The SMILES string of the molecule is CC(C)(C)C(=O)NC(=S)Nc1ccc(C(=O)NCc2ccccc2)cc1. The molecule has 2 aromatic carbocycles. The third-order valence-corrected chi connectivity index (χ3v) is 3.81. The fourth-order valence-corrected chi connectivity index (χ4v) is 2.25. The molecule has 136 valence electrons. The van der Waals surface area contributed by atoms with Gasteiger partial charge in [0, 0.05) is 23.2 Å². The quantitative estimate of drug-likeness (QED) is 0.722. The molecule has 0 aliphatic rings. The van der Waals surface area contributed by atoms with Crippen LogP contribution >= 0.6 is 12.2 Å². The van der Waals surface area contributed by atoms with Gasteiger partial charge >= 0.3 is 0 Å². The molecule has 0 fully saturated rings. The van der Waals surface area contributed by atoms with E-state index in [0.29, 0.717) is 17.8 Å². The zero-order valence-corrected chi connectivity index (χ0v) is 15.9. The van der Waals surface area contributed by atoms with Crippen LogP contribution < -0.4 is 16.0 Å². The number of carbonyl (C=O) groups excluding carboxylic acids is 2. The van der Waals surface area contributed by atoms with Crippen molar-refractivity contribution in [1.82, 2.24) is 10.6 Å². The zero-order valence-electron chi connectivity index (χ0n) is 15.1. The first-order chi connectivity index (χ1) is 12.3. The highest BCUT2D eigenvalue weighted by molar-refractivity contribution is 7.80. The van der Waals surface area contributed by atoms with E-state index in [1.807, 2.05) is 51.1 Å². The Morgan fingerprint density at radius 2 is 1.58 bits per heavy atom. The number of amides is 2. The van der Waals surface area contributed by atoms with Gasteiger partial charge in [-0.15, -0.1) is 0 Å². The molecule has 0 atom stereocenters. The van der Waals surface area contributed by atoms with E-state index in [2.05, 4.69) is 16.0 Å². The van der Waals surface area contributed by atoms with Gasteiger partial charge in [-0.2, -0.15) is 0 Å². The summed E-state index contributed by atoms with van der Waals surface area (Å²) in [7, 11) is 0. The van der Waals surface area contributed by atoms with Gasteiger partial charge < -0.3 is 16.0 Å². The minimum atomic E-state index is -0.521. The van der Waals surface area contributed by atoms with Gasteiger partial charge in [-0.25, -0.2) is 0 Å². The molecule has 0 spiro atoms. The zero-order chi connectivity index (χ0) is 19.2. The van der Waals surface area contributed by atoms with E-state index in [1.165, 1.54) is 0 Å². The molecule has 0 aromatic heterocycles. The Morgan fingerprint density at radius 1 is 0.962 bits per heavy atom. The number of rotatable bonds is 4. The highest BCUT2D eigenvalue weighted by atomic mass is 32.1. The second-order valence-corrected chi connectivity index (χ2v) is 7.31. The van der Waals surface area contributed by atoms with Crippen molar-refractivity contribution in [1.29, 1.82) is 0 Å². The first-order valence-electron chi connectivity index (χ1n) is 8.30. The van der Waals surface area contributed by atoms with Crippen LogP contribution in [-0.4, -0.2) is 16.9 Å². The third-order valence-electron chi connectivity index (χ3n) is 3.61. The highest BCUT2D eigenvalue weighted by Crippen LogP contribution is 2.13. The molecule has 0 aliphatic heterocycles. The van der Waals surface area contributed by atoms with Crippen molar-refractivity contribution < 1.29 is 9.59 Å². The number of hydrogen-bond acceptors (Lipinski definition) is 3. The Hall–Kier alpha value is -2.73. The smallest absolute Gasteiger partial charge is 0.251 e. The third kappa shape index (κ3) is 5.97. The summed E-state index contributed by atoms with van der Waals surface area (Å²) in [4.78, 5) is 24.1. The molecule has 3 N–H and O–H groups in total. The number of benzene rings is 2. The predicted molar refractivity (Wildman–Crippen MR) is 108 cm³/mol. The van der Waals surface area contributed by atoms with Crippen molar-refractivity contribution in [3.05, 3.63) is 65.7 Å². The maximum atomic E-state index is 12.2. The standard InChI is InChI=1S/C20H23N3O2S/c1-20(2,3)18(25)23-19(26)22-16-11-9-15(10-12-16)17(24)21-13-14-7-5-4-6-8-14/h4-12H,13H2,1-3H3,(H,21,24)(H2,22,23,25,26). The first-order valence-corrected chi connectivity index (χ1v) is 8.71. The minimum Gasteiger partial charge on any atom is -0.348 e. The van der Waals surface area contributed by atoms with Crippen molar-refractivity contribution in [3.8, 4) is 0 Å². The minimum absolute atomic E-state index is 0.149. The summed E-state index contributed by atoms with van der Waals surface area (Å²) in [5.41, 5.74) is 1.77. The summed E-state index contributed by atoms with van der Waals surface area (Å²) in [6.07, 6.45) is 0. The Kier molecular flexibility index (Phi) is 6.46. The van der Waals surface area contributed by atoms with E-state index in [-0.39, 0.29) is 16.9 Å². The molecule has 0 saturated heterocycles. The van der Waals surface area contributed by atoms with Gasteiger partial charge in [-0.3, -0.25) is 9.59 Å². The van der Waals surface area contributed by atoms with Gasteiger partial charge in [0.25, 0.3) is 5.91 Å². The number of anilines is 1. The van der Waals surface area contributed by atoms with Gasteiger partial charge in [0.15, 0.2) is 5.11 Å². The first kappa shape index (κ1) is 19.6. The molecule has 6 heteroatoms. The van der Waals surface area contributed by atoms with E-state index in [1.54, 1.807) is 24.3 Å². The maximum absolute atomic E-state index is 12.2. The molecular formula is C20H23N3O2S. The van der Waals surface area contributed by atoms with Crippen LogP contribution in [0.25, 0.3) is 0 Å². The van der Waals surface area contributed by atoms with Gasteiger partial charge in [0.2, 0.25) is 5.91 Å². The van der Waals surface area contributed by atoms with E-state index in [0.717, 1.165) is 5.56 Å². The van der Waals surface area contributed by atoms with Crippen molar-refractivity contribution in [2.24, 2.45) is 5.41 Å². The molecular weight excluding hydrogens is 346 g/mol. The van der Waals surface area contributed by atoms with Crippen LogP contribution in [0.15, 0.2) is 54.6 Å². The molecule has 0 saturated carbocycles. The molecule has 0 heterocycles. The largest absolute Gasteiger partial charge is 0.348 e. The average Bonchev–Trinajstić information content (AvgIpc) is 2.60. The van der Waals surface area contributed by atoms with Crippen LogP contribution in [0.1, 0.15) is 36.7 Å². The summed E-state index contributed by atoms with van der Waals surface area (Å²) in [5, 5.41) is 8.69. The Balaban J connectivity index is 1.88. The van der Waals surface area contributed by atoms with Crippen molar-refractivity contribution in [2.75, 3.05) is 5.32 Å². The summed E-state index contributed by atoms with van der Waals surface area (Å²) in [6, 6.07) is 16.6. The van der Waals surface area contributed by atoms with Crippen molar-refractivity contribution in [2.45, 2.75) is 27.3 Å². The number of carbonyl (C=O) groups is 2. The summed E-state index contributed by atoms with van der Waals surface area (Å²) >= 11 is 5.14. The van der Waals surface area contributed by atoms with E-state index < -0.39 is 5.41 Å². The molecule has 2 amide bonds. The fraction of sp³-hybridized carbons (Fsp3) is 0.250. The van der Waals surface area contributed by atoms with Gasteiger partial charge in [-0.05, 0) is 42.0 Å². The fourth-order valence-electron chi connectivity index (χ4n) is 2.04.